The van der Waals surface area contributed by atoms with Gasteiger partial charge in [0.05, 0.1) is 46.4 Å². The highest BCUT2D eigenvalue weighted by atomic mass is 32.1. The van der Waals surface area contributed by atoms with Gasteiger partial charge in [-0.25, -0.2) is 23.7 Å². The number of halogens is 3. The molecule has 4 aromatic heterocycles. The lowest BCUT2D eigenvalue weighted by atomic mass is 9.93. The summed E-state index contributed by atoms with van der Waals surface area (Å²) in [6, 6.07) is 10.8. The molecule has 14 heteroatoms. The standard InChI is InChI=1S/C37H29F3N6O4S/c1-49-32-20-9-11-23(21(20)16-22(39)30(32)40)43-34-33-18(12-13-41-34)15-26(51-33)28-27(35-44-45-37(48)50-35)24(10-6-17-4-7-19(38)8-5-17)42-31-25-3-2-14-46(25)36(47)29(28)31/h4-5,7-8,12-13,15-16,23,25H,2-3,6,9-11,14H2,1H3,(H,41,43)(H,45,48)/t23-,25?/m1/s1. The van der Waals surface area contributed by atoms with Crippen molar-refractivity contribution in [1.82, 2.24) is 25.1 Å². The summed E-state index contributed by atoms with van der Waals surface area (Å²) in [7, 11) is 1.33. The second-order valence-electron chi connectivity index (χ2n) is 13.0. The summed E-state index contributed by atoms with van der Waals surface area (Å²) in [6.45, 7) is 0.611. The second kappa shape index (κ2) is 12.1. The lowest BCUT2D eigenvalue weighted by molar-refractivity contribution is 0.0776. The van der Waals surface area contributed by atoms with Crippen molar-refractivity contribution < 1.29 is 27.1 Å². The zero-order valence-corrected chi connectivity index (χ0v) is 28.0. The first-order valence-electron chi connectivity index (χ1n) is 16.7. The van der Waals surface area contributed by atoms with Crippen molar-refractivity contribution in [3.05, 3.63) is 110 Å². The van der Waals surface area contributed by atoms with Gasteiger partial charge in [-0.1, -0.05) is 12.1 Å². The van der Waals surface area contributed by atoms with Gasteiger partial charge in [-0.15, -0.1) is 16.4 Å². The first kappa shape index (κ1) is 31.5. The Morgan fingerprint density at radius 2 is 1.90 bits per heavy atom. The van der Waals surface area contributed by atoms with Crippen LogP contribution in [0.15, 0.2) is 57.9 Å². The van der Waals surface area contributed by atoms with Gasteiger partial charge in [0, 0.05) is 28.7 Å². The Labute approximate surface area is 292 Å². The Kier molecular flexibility index (Phi) is 7.45. The maximum Gasteiger partial charge on any atom is 0.434 e. The van der Waals surface area contributed by atoms with Gasteiger partial charge in [0.25, 0.3) is 11.8 Å². The molecule has 1 aliphatic carbocycles. The van der Waals surface area contributed by atoms with Gasteiger partial charge in [-0.3, -0.25) is 9.78 Å². The number of hydrogen-bond donors (Lipinski definition) is 2. The van der Waals surface area contributed by atoms with Gasteiger partial charge in [0.15, 0.2) is 11.6 Å². The van der Waals surface area contributed by atoms with E-state index in [0.29, 0.717) is 77.3 Å². The van der Waals surface area contributed by atoms with E-state index in [-0.39, 0.29) is 35.4 Å². The number of ether oxygens (including phenoxy) is 1. The van der Waals surface area contributed by atoms with Gasteiger partial charge in [0.2, 0.25) is 5.82 Å². The third-order valence-corrected chi connectivity index (χ3v) is 11.3. The van der Waals surface area contributed by atoms with E-state index in [0.717, 1.165) is 33.4 Å². The van der Waals surface area contributed by atoms with Crippen molar-refractivity contribution in [1.29, 1.82) is 0 Å². The number of rotatable bonds is 8. The summed E-state index contributed by atoms with van der Waals surface area (Å²) < 4.78 is 54.4. The lowest BCUT2D eigenvalue weighted by Crippen LogP contribution is -2.22. The number of thiophene rings is 1. The Balaban J connectivity index is 1.20. The van der Waals surface area contributed by atoms with Crippen LogP contribution in [0.25, 0.3) is 32.0 Å². The Bertz CT molecular complexity index is 2440. The number of amides is 1. The number of aromatic nitrogens is 4. The van der Waals surface area contributed by atoms with E-state index in [1.54, 1.807) is 18.3 Å². The number of hydrogen-bond acceptors (Lipinski definition) is 9. The molecule has 51 heavy (non-hydrogen) atoms. The largest absolute Gasteiger partial charge is 0.493 e. The summed E-state index contributed by atoms with van der Waals surface area (Å²) in [5.41, 5.74) is 4.88. The molecule has 0 radical (unpaired) electrons. The molecule has 2 N–H and O–H groups in total. The van der Waals surface area contributed by atoms with Crippen LogP contribution < -0.4 is 15.8 Å². The Morgan fingerprint density at radius 1 is 1.06 bits per heavy atom. The normalized spacial score (nSPS) is 17.6. The third-order valence-electron chi connectivity index (χ3n) is 10.1. The molecule has 1 unspecified atom stereocenters. The monoisotopic (exact) mass is 710 g/mol. The molecule has 0 bridgehead atoms. The average molecular weight is 711 g/mol. The predicted molar refractivity (Wildman–Crippen MR) is 183 cm³/mol. The Morgan fingerprint density at radius 3 is 2.69 bits per heavy atom. The van der Waals surface area contributed by atoms with Gasteiger partial charge < -0.3 is 19.4 Å². The first-order chi connectivity index (χ1) is 24.8. The summed E-state index contributed by atoms with van der Waals surface area (Å²) in [5, 5.41) is 10.9. The van der Waals surface area contributed by atoms with Crippen molar-refractivity contribution in [3.63, 3.8) is 0 Å². The number of H-pyrrole nitrogens is 1. The number of nitrogens with zero attached hydrogens (tertiary/aromatic N) is 4. The van der Waals surface area contributed by atoms with E-state index in [9.17, 15) is 22.8 Å². The number of aryl methyl sites for hydroxylation is 2. The van der Waals surface area contributed by atoms with E-state index in [1.165, 1.54) is 36.6 Å². The number of anilines is 1. The minimum Gasteiger partial charge on any atom is -0.493 e. The van der Waals surface area contributed by atoms with E-state index in [1.807, 2.05) is 17.0 Å². The van der Waals surface area contributed by atoms with Crippen LogP contribution in [0.1, 0.15) is 69.8 Å². The molecule has 3 aliphatic rings. The van der Waals surface area contributed by atoms with Gasteiger partial charge >= 0.3 is 5.76 Å². The summed E-state index contributed by atoms with van der Waals surface area (Å²) >= 11 is 1.41. The summed E-state index contributed by atoms with van der Waals surface area (Å²) in [5.74, 6) is -2.71. The van der Waals surface area contributed by atoms with Gasteiger partial charge in [-0.05, 0) is 85.4 Å². The molecule has 6 aromatic rings. The minimum atomic E-state index is -1.000. The zero-order chi connectivity index (χ0) is 35.0. The van der Waals surface area contributed by atoms with Crippen LogP contribution in [0.2, 0.25) is 0 Å². The molecule has 1 fully saturated rings. The summed E-state index contributed by atoms with van der Waals surface area (Å²) in [6.07, 6.45) is 5.31. The molecule has 2 aliphatic heterocycles. The maximum atomic E-state index is 14.6. The fourth-order valence-corrected chi connectivity index (χ4v) is 9.01. The van der Waals surface area contributed by atoms with Crippen LogP contribution in [0.5, 0.6) is 5.75 Å². The van der Waals surface area contributed by atoms with Crippen LogP contribution in [0.3, 0.4) is 0 Å². The molecule has 0 saturated carbocycles. The number of pyridine rings is 2. The maximum absolute atomic E-state index is 14.6. The number of aromatic amines is 1. The smallest absolute Gasteiger partial charge is 0.434 e. The van der Waals surface area contributed by atoms with Crippen molar-refractivity contribution in [2.24, 2.45) is 0 Å². The topological polar surface area (TPSA) is 126 Å². The SMILES string of the molecule is COc1c(F)c(F)cc2c1CC[C@H]2Nc1nccc2cc(-c3c4c(nc(CCc5ccc(F)cc5)c3-c3n[nH]c(=O)o3)C3CCCN3C4=O)sc12. The van der Waals surface area contributed by atoms with Crippen molar-refractivity contribution in [2.45, 2.75) is 50.6 Å². The van der Waals surface area contributed by atoms with Crippen LogP contribution in [-0.4, -0.2) is 44.6 Å². The second-order valence-corrected chi connectivity index (χ2v) is 14.0. The van der Waals surface area contributed by atoms with Crippen molar-refractivity contribution >= 4 is 33.1 Å². The molecule has 9 rings (SSSR count). The first-order valence-corrected chi connectivity index (χ1v) is 17.5. The van der Waals surface area contributed by atoms with Crippen LogP contribution in [0.4, 0.5) is 19.0 Å². The van der Waals surface area contributed by atoms with Gasteiger partial charge in [0.1, 0.15) is 11.6 Å². The highest BCUT2D eigenvalue weighted by molar-refractivity contribution is 7.23. The highest BCUT2D eigenvalue weighted by Gasteiger charge is 2.45. The molecule has 0 spiro atoms. The predicted octanol–water partition coefficient (Wildman–Crippen LogP) is 7.30. The minimum absolute atomic E-state index is 0.0129. The fraction of sp³-hybridized carbons (Fsp3) is 0.270. The molecular formula is C37H29F3N6O4S. The fourth-order valence-electron chi connectivity index (χ4n) is 7.85. The molecule has 1 amide bonds. The number of nitrogens with one attached hydrogen (secondary N) is 2. The highest BCUT2D eigenvalue weighted by Crippen LogP contribution is 2.50. The number of carbonyl (C=O) groups is 1. The molecule has 6 heterocycles. The average Bonchev–Trinajstić information content (AvgIpc) is 3.97. The van der Waals surface area contributed by atoms with Gasteiger partial charge in [-0.2, -0.15) is 4.39 Å². The van der Waals surface area contributed by atoms with E-state index in [4.69, 9.17) is 14.1 Å². The molecule has 1 saturated heterocycles. The molecule has 2 aromatic carbocycles. The molecule has 258 valence electrons. The van der Waals surface area contributed by atoms with E-state index < -0.39 is 17.4 Å². The summed E-state index contributed by atoms with van der Waals surface area (Å²) in [4.78, 5) is 38.8. The lowest BCUT2D eigenvalue weighted by Gasteiger charge is -2.17. The van der Waals surface area contributed by atoms with Crippen LogP contribution in [-0.2, 0) is 19.3 Å². The van der Waals surface area contributed by atoms with Crippen LogP contribution >= 0.6 is 11.3 Å². The zero-order valence-electron chi connectivity index (χ0n) is 27.2. The number of carbonyl (C=O) groups excluding carboxylic acids is 1. The number of fused-ring (bicyclic) bond motifs is 5. The number of methoxy groups -OCH3 is 1. The van der Waals surface area contributed by atoms with E-state index >= 15 is 0 Å². The van der Waals surface area contributed by atoms with E-state index in [2.05, 4.69) is 20.5 Å². The molecular weight excluding hydrogens is 682 g/mol. The number of benzene rings is 2. The quantitative estimate of drug-likeness (QED) is 0.169. The Hall–Kier alpha value is -5.50. The third kappa shape index (κ3) is 5.10. The molecule has 2 atom stereocenters. The van der Waals surface area contributed by atoms with Crippen molar-refractivity contribution in [3.8, 4) is 27.6 Å². The van der Waals surface area contributed by atoms with Crippen molar-refractivity contribution in [2.75, 3.05) is 19.0 Å². The molecule has 10 nitrogen and oxygen atoms in total. The van der Waals surface area contributed by atoms with Crippen LogP contribution in [0, 0.1) is 17.5 Å².